The van der Waals surface area contributed by atoms with Gasteiger partial charge in [0.05, 0.1) is 29.1 Å². The molecule has 96 valence electrons. The van der Waals surface area contributed by atoms with Gasteiger partial charge in [0.1, 0.15) is 11.6 Å². The lowest BCUT2D eigenvalue weighted by atomic mass is 10.1. The van der Waals surface area contributed by atoms with Crippen LogP contribution in [-0.2, 0) is 10.6 Å². The summed E-state index contributed by atoms with van der Waals surface area (Å²) in [6.45, 7) is 2.79. The van der Waals surface area contributed by atoms with Crippen molar-refractivity contribution in [2.45, 2.75) is 31.4 Å². The van der Waals surface area contributed by atoms with Crippen LogP contribution >= 0.6 is 11.6 Å². The van der Waals surface area contributed by atoms with Crippen molar-refractivity contribution in [3.63, 3.8) is 0 Å². The Morgan fingerprint density at radius 2 is 2.39 bits per heavy atom. The molecule has 3 nitrogen and oxygen atoms in total. The molecule has 0 radical (unpaired) electrons. The summed E-state index contributed by atoms with van der Waals surface area (Å²) in [6.07, 6.45) is 1.07. The first-order chi connectivity index (χ1) is 8.70. The Morgan fingerprint density at radius 1 is 1.56 bits per heavy atom. The van der Waals surface area contributed by atoms with Crippen molar-refractivity contribution >= 4 is 22.6 Å². The van der Waals surface area contributed by atoms with E-state index in [4.69, 9.17) is 16.3 Å². The van der Waals surface area contributed by atoms with Gasteiger partial charge in [0.15, 0.2) is 0 Å². The zero-order valence-electron chi connectivity index (χ0n) is 10.1. The van der Waals surface area contributed by atoms with Gasteiger partial charge >= 0.3 is 0 Å². The summed E-state index contributed by atoms with van der Waals surface area (Å²) in [5.41, 5.74) is 1.58. The van der Waals surface area contributed by atoms with Crippen LogP contribution in [0.5, 0.6) is 0 Å². The maximum atomic E-state index is 13.2. The van der Waals surface area contributed by atoms with Crippen molar-refractivity contribution in [3.8, 4) is 0 Å². The van der Waals surface area contributed by atoms with Crippen LogP contribution in [0.25, 0.3) is 11.0 Å². The van der Waals surface area contributed by atoms with Gasteiger partial charge in [0, 0.05) is 12.7 Å². The molecule has 1 saturated heterocycles. The lowest BCUT2D eigenvalue weighted by Crippen LogP contribution is -2.18. The molecule has 2 heterocycles. The van der Waals surface area contributed by atoms with Crippen molar-refractivity contribution in [1.82, 2.24) is 9.55 Å². The van der Waals surface area contributed by atoms with Gasteiger partial charge in [0.2, 0.25) is 0 Å². The topological polar surface area (TPSA) is 27.1 Å². The highest BCUT2D eigenvalue weighted by atomic mass is 35.5. The van der Waals surface area contributed by atoms with Crippen LogP contribution in [0.3, 0.4) is 0 Å². The fraction of sp³-hybridized carbons (Fsp3) is 0.462. The Labute approximate surface area is 110 Å². The molecular weight excluding hydrogens is 255 g/mol. The Morgan fingerprint density at radius 3 is 3.06 bits per heavy atom. The molecule has 1 aromatic heterocycles. The third-order valence-electron chi connectivity index (χ3n) is 3.51. The summed E-state index contributed by atoms with van der Waals surface area (Å²) in [7, 11) is 0. The van der Waals surface area contributed by atoms with Gasteiger partial charge in [-0.3, -0.25) is 0 Å². The number of benzene rings is 1. The fourth-order valence-corrected chi connectivity index (χ4v) is 2.83. The number of nitrogens with zero attached hydrogens (tertiary/aromatic N) is 2. The molecule has 18 heavy (non-hydrogen) atoms. The van der Waals surface area contributed by atoms with Gasteiger partial charge in [-0.15, -0.1) is 11.6 Å². The molecule has 5 heteroatoms. The number of rotatable bonds is 2. The summed E-state index contributed by atoms with van der Waals surface area (Å²) in [5, 5.41) is 0. The van der Waals surface area contributed by atoms with Crippen LogP contribution < -0.4 is 0 Å². The van der Waals surface area contributed by atoms with Gasteiger partial charge in [0.25, 0.3) is 0 Å². The molecule has 0 spiro atoms. The third kappa shape index (κ3) is 1.80. The second kappa shape index (κ2) is 4.52. The number of aromatic nitrogens is 2. The highest BCUT2D eigenvalue weighted by Gasteiger charge is 2.29. The van der Waals surface area contributed by atoms with Crippen molar-refractivity contribution in [2.24, 2.45) is 0 Å². The standard InChI is InChI=1S/C13H14ClFN2O/c1-8-11(4-5-18-8)17-12-3-2-9(15)6-10(12)16-13(17)7-14/h2-3,6,8,11H,4-5,7H2,1H3. The monoisotopic (exact) mass is 268 g/mol. The van der Waals surface area contributed by atoms with E-state index in [2.05, 4.69) is 9.55 Å². The van der Waals surface area contributed by atoms with Gasteiger partial charge < -0.3 is 9.30 Å². The van der Waals surface area contributed by atoms with E-state index < -0.39 is 0 Å². The zero-order chi connectivity index (χ0) is 12.7. The third-order valence-corrected chi connectivity index (χ3v) is 3.75. The quantitative estimate of drug-likeness (QED) is 0.782. The molecule has 2 unspecified atom stereocenters. The van der Waals surface area contributed by atoms with E-state index in [1.54, 1.807) is 6.07 Å². The maximum absolute atomic E-state index is 13.2. The largest absolute Gasteiger partial charge is 0.376 e. The predicted octanol–water partition coefficient (Wildman–Crippen LogP) is 3.26. The van der Waals surface area contributed by atoms with Gasteiger partial charge in [-0.05, 0) is 25.5 Å². The number of imidazole rings is 1. The molecule has 1 aromatic carbocycles. The lowest BCUT2D eigenvalue weighted by Gasteiger charge is -2.19. The molecular formula is C13H14ClFN2O. The van der Waals surface area contributed by atoms with Gasteiger partial charge in [-0.1, -0.05) is 0 Å². The second-order valence-electron chi connectivity index (χ2n) is 4.60. The number of hydrogen-bond donors (Lipinski definition) is 0. The first kappa shape index (κ1) is 11.9. The zero-order valence-corrected chi connectivity index (χ0v) is 10.8. The molecule has 0 amide bonds. The predicted molar refractivity (Wildman–Crippen MR) is 68.3 cm³/mol. The summed E-state index contributed by atoms with van der Waals surface area (Å²) in [6, 6.07) is 4.90. The average molecular weight is 269 g/mol. The Balaban J connectivity index is 2.19. The smallest absolute Gasteiger partial charge is 0.125 e. The number of ether oxygens (including phenoxy) is 1. The normalized spacial score (nSPS) is 23.9. The molecule has 1 fully saturated rings. The van der Waals surface area contributed by atoms with Crippen molar-refractivity contribution in [1.29, 1.82) is 0 Å². The molecule has 0 bridgehead atoms. The SMILES string of the molecule is CC1OCCC1n1c(CCl)nc2cc(F)ccc21. The molecule has 2 atom stereocenters. The summed E-state index contributed by atoms with van der Waals surface area (Å²) < 4.78 is 20.9. The van der Waals surface area contributed by atoms with Crippen LogP contribution in [0.4, 0.5) is 4.39 Å². The van der Waals surface area contributed by atoms with Crippen LogP contribution in [0, 0.1) is 5.82 Å². The summed E-state index contributed by atoms with van der Waals surface area (Å²) >= 11 is 5.95. The minimum atomic E-state index is -0.274. The van der Waals surface area contributed by atoms with E-state index in [1.807, 2.05) is 6.92 Å². The summed E-state index contributed by atoms with van der Waals surface area (Å²) in [5.74, 6) is 0.822. The number of hydrogen-bond acceptors (Lipinski definition) is 2. The van der Waals surface area contributed by atoms with E-state index in [0.717, 1.165) is 24.4 Å². The second-order valence-corrected chi connectivity index (χ2v) is 4.86. The van der Waals surface area contributed by atoms with Crippen molar-refractivity contribution in [3.05, 3.63) is 29.8 Å². The first-order valence-electron chi connectivity index (χ1n) is 6.04. The fourth-order valence-electron chi connectivity index (χ4n) is 2.65. The maximum Gasteiger partial charge on any atom is 0.125 e. The molecule has 1 aliphatic heterocycles. The molecule has 2 aromatic rings. The number of halogens is 2. The van der Waals surface area contributed by atoms with Crippen LogP contribution in [0.1, 0.15) is 25.2 Å². The molecule has 0 saturated carbocycles. The average Bonchev–Trinajstić information content (AvgIpc) is 2.91. The van der Waals surface area contributed by atoms with Gasteiger partial charge in [-0.2, -0.15) is 0 Å². The van der Waals surface area contributed by atoms with E-state index in [0.29, 0.717) is 11.4 Å². The highest BCUT2D eigenvalue weighted by molar-refractivity contribution is 6.16. The highest BCUT2D eigenvalue weighted by Crippen LogP contribution is 2.31. The first-order valence-corrected chi connectivity index (χ1v) is 6.58. The van der Waals surface area contributed by atoms with E-state index in [-0.39, 0.29) is 18.0 Å². The van der Waals surface area contributed by atoms with Crippen LogP contribution in [0.15, 0.2) is 18.2 Å². The Hall–Kier alpha value is -1.13. The van der Waals surface area contributed by atoms with Gasteiger partial charge in [-0.25, -0.2) is 9.37 Å². The Kier molecular flexibility index (Phi) is 2.99. The van der Waals surface area contributed by atoms with E-state index >= 15 is 0 Å². The van der Waals surface area contributed by atoms with Crippen molar-refractivity contribution < 1.29 is 9.13 Å². The van der Waals surface area contributed by atoms with E-state index in [9.17, 15) is 4.39 Å². The number of alkyl halides is 1. The Bertz CT molecular complexity index is 584. The van der Waals surface area contributed by atoms with E-state index in [1.165, 1.54) is 12.1 Å². The van der Waals surface area contributed by atoms with Crippen LogP contribution in [0.2, 0.25) is 0 Å². The van der Waals surface area contributed by atoms with Crippen LogP contribution in [-0.4, -0.2) is 22.3 Å². The number of fused-ring (bicyclic) bond motifs is 1. The lowest BCUT2D eigenvalue weighted by molar-refractivity contribution is 0.108. The van der Waals surface area contributed by atoms with Crippen molar-refractivity contribution in [2.75, 3.05) is 6.61 Å². The minimum Gasteiger partial charge on any atom is -0.376 e. The molecule has 0 aliphatic carbocycles. The molecule has 0 N–H and O–H groups in total. The summed E-state index contributed by atoms with van der Waals surface area (Å²) in [4.78, 5) is 4.41. The molecule has 3 rings (SSSR count). The minimum absolute atomic E-state index is 0.134. The molecule has 1 aliphatic rings.